The summed E-state index contributed by atoms with van der Waals surface area (Å²) in [5, 5.41) is 3.40. The second-order valence-corrected chi connectivity index (χ2v) is 10.5. The zero-order chi connectivity index (χ0) is 26.5. The first kappa shape index (κ1) is 28.8. The topological polar surface area (TPSA) is 74.2 Å². The van der Waals surface area contributed by atoms with Crippen LogP contribution in [-0.4, -0.2) is 31.0 Å². The van der Waals surface area contributed by atoms with Gasteiger partial charge in [0.05, 0.1) is 6.61 Å². The van der Waals surface area contributed by atoms with Crippen LogP contribution in [0.5, 0.6) is 5.75 Å². The van der Waals surface area contributed by atoms with Crippen LogP contribution in [0, 0.1) is 10.8 Å². The summed E-state index contributed by atoms with van der Waals surface area (Å²) in [5.74, 6) is 0.776. The van der Waals surface area contributed by atoms with Gasteiger partial charge >= 0.3 is 5.97 Å². The Morgan fingerprint density at radius 1 is 1.05 bits per heavy atom. The van der Waals surface area contributed by atoms with Crippen molar-refractivity contribution in [2.45, 2.75) is 89.6 Å². The lowest BCUT2D eigenvalue weighted by Crippen LogP contribution is -2.27. The van der Waals surface area contributed by atoms with Crippen LogP contribution in [0.15, 0.2) is 59.8 Å². The van der Waals surface area contributed by atoms with E-state index in [0.717, 1.165) is 31.2 Å². The van der Waals surface area contributed by atoms with Gasteiger partial charge in [-0.15, -0.1) is 0 Å². The van der Waals surface area contributed by atoms with E-state index >= 15 is 0 Å². The van der Waals surface area contributed by atoms with Gasteiger partial charge in [0.2, 0.25) is 0 Å². The first-order valence-electron chi connectivity index (χ1n) is 13.4. The predicted molar refractivity (Wildman–Crippen MR) is 142 cm³/mol. The van der Waals surface area contributed by atoms with E-state index < -0.39 is 17.8 Å². The molecule has 6 nitrogen and oxygen atoms in total. The number of benzene rings is 2. The molecule has 0 saturated heterocycles. The van der Waals surface area contributed by atoms with Crippen LogP contribution < -0.4 is 4.74 Å². The fourth-order valence-electron chi connectivity index (χ4n) is 4.68. The molecule has 7 heteroatoms. The number of hydrogen-bond donors (Lipinski definition) is 0. The Morgan fingerprint density at radius 2 is 1.76 bits per heavy atom. The summed E-state index contributed by atoms with van der Waals surface area (Å²) in [4.78, 5) is 24.6. The number of carbonyl (C=O) groups excluding carboxylic acids is 1. The second kappa shape index (κ2) is 14.8. The van der Waals surface area contributed by atoms with Crippen molar-refractivity contribution in [1.29, 1.82) is 0 Å². The summed E-state index contributed by atoms with van der Waals surface area (Å²) in [6.07, 6.45) is 5.94. The number of hydrogen-bond acceptors (Lipinski definition) is 6. The molecule has 0 heterocycles. The Kier molecular flexibility index (Phi) is 11.5. The molecule has 0 aliphatic heterocycles. The molecule has 202 valence electrons. The number of nitroso groups, excluding NO2 is 1. The van der Waals surface area contributed by atoms with E-state index in [9.17, 15) is 14.1 Å². The molecule has 37 heavy (non-hydrogen) atoms. The Balaban J connectivity index is 1.55. The predicted octanol–water partition coefficient (Wildman–Crippen LogP) is 7.50. The maximum atomic E-state index is 13.5. The maximum absolute atomic E-state index is 13.5. The third kappa shape index (κ3) is 10.6. The third-order valence-electron chi connectivity index (χ3n) is 6.62. The van der Waals surface area contributed by atoms with Crippen LogP contribution in [0.25, 0.3) is 0 Å². The highest BCUT2D eigenvalue weighted by Crippen LogP contribution is 2.35. The highest BCUT2D eigenvalue weighted by Gasteiger charge is 2.31. The smallest absolute Gasteiger partial charge is 0.306 e. The molecule has 1 aliphatic carbocycles. The normalized spacial score (nSPS) is 15.8. The number of halogens is 1. The molecule has 1 aliphatic rings. The largest absolute Gasteiger partial charge is 0.489 e. The average Bonchev–Trinajstić information content (AvgIpc) is 3.39. The molecule has 0 spiro atoms. The summed E-state index contributed by atoms with van der Waals surface area (Å²) >= 11 is 0. The van der Waals surface area contributed by atoms with Gasteiger partial charge < -0.3 is 14.2 Å². The molecule has 1 fully saturated rings. The molecule has 0 radical (unpaired) electrons. The summed E-state index contributed by atoms with van der Waals surface area (Å²) in [7, 11) is 0. The third-order valence-corrected chi connectivity index (χ3v) is 6.62. The van der Waals surface area contributed by atoms with Crippen molar-refractivity contribution in [3.63, 3.8) is 0 Å². The number of alkyl halides is 1. The van der Waals surface area contributed by atoms with Crippen LogP contribution in [-0.2, 0) is 20.9 Å². The van der Waals surface area contributed by atoms with Crippen molar-refractivity contribution in [2.75, 3.05) is 13.2 Å². The number of carbonyl (C=O) groups is 1. The van der Waals surface area contributed by atoms with Crippen LogP contribution >= 0.6 is 0 Å². The Hall–Kier alpha value is -2.80. The molecule has 2 aromatic carbocycles. The molecule has 0 N–H and O–H groups in total. The van der Waals surface area contributed by atoms with Gasteiger partial charge in [0.25, 0.3) is 0 Å². The molecule has 2 aromatic rings. The first-order chi connectivity index (χ1) is 17.8. The summed E-state index contributed by atoms with van der Waals surface area (Å²) in [5.41, 5.74) is 0.413. The monoisotopic (exact) mass is 513 g/mol. The highest BCUT2D eigenvalue weighted by molar-refractivity contribution is 5.69. The van der Waals surface area contributed by atoms with Crippen molar-refractivity contribution in [3.05, 3.63) is 70.6 Å². The quantitative estimate of drug-likeness (QED) is 0.132. The minimum Gasteiger partial charge on any atom is -0.489 e. The van der Waals surface area contributed by atoms with E-state index in [-0.39, 0.29) is 19.0 Å². The Bertz CT molecular complexity index is 939. The standard InChI is InChI=1S/C30H40FNO5/c1-30(2,31)22-35-19-9-8-14-28(33)37-27(20-23-10-6-7-11-23)29(32-34)25-15-17-26(18-16-25)36-21-24-12-4-3-5-13-24/h3-5,12-13,15-18,23,27,29H,6-11,14,19-22H2,1-2H3. The number of rotatable bonds is 16. The van der Waals surface area contributed by atoms with Gasteiger partial charge in [-0.05, 0) is 62.3 Å². The lowest BCUT2D eigenvalue weighted by molar-refractivity contribution is -0.151. The number of unbranched alkanes of at least 4 members (excludes halogenated alkanes) is 1. The van der Waals surface area contributed by atoms with E-state index in [4.69, 9.17) is 14.2 Å². The van der Waals surface area contributed by atoms with Gasteiger partial charge in [-0.3, -0.25) is 4.79 Å². The van der Waals surface area contributed by atoms with E-state index in [2.05, 4.69) is 5.18 Å². The van der Waals surface area contributed by atoms with Gasteiger partial charge in [-0.2, -0.15) is 4.91 Å². The van der Waals surface area contributed by atoms with E-state index in [1.54, 1.807) is 0 Å². The number of ether oxygens (including phenoxy) is 3. The van der Waals surface area contributed by atoms with Crippen molar-refractivity contribution in [1.82, 2.24) is 0 Å². The van der Waals surface area contributed by atoms with Gasteiger partial charge in [-0.1, -0.05) is 73.3 Å². The fourth-order valence-corrected chi connectivity index (χ4v) is 4.68. The molecule has 0 bridgehead atoms. The number of nitrogens with zero attached hydrogens (tertiary/aromatic N) is 1. The summed E-state index contributed by atoms with van der Waals surface area (Å²) in [6.45, 7) is 3.82. The molecule has 0 amide bonds. The summed E-state index contributed by atoms with van der Waals surface area (Å²) < 4.78 is 30.5. The van der Waals surface area contributed by atoms with Crippen LogP contribution in [0.1, 0.15) is 82.4 Å². The van der Waals surface area contributed by atoms with Crippen molar-refractivity contribution < 1.29 is 23.4 Å². The van der Waals surface area contributed by atoms with Crippen molar-refractivity contribution in [3.8, 4) is 5.75 Å². The maximum Gasteiger partial charge on any atom is 0.306 e. The molecule has 0 aromatic heterocycles. The second-order valence-electron chi connectivity index (χ2n) is 10.5. The molecule has 2 atom stereocenters. The van der Waals surface area contributed by atoms with Crippen molar-refractivity contribution in [2.24, 2.45) is 11.1 Å². The van der Waals surface area contributed by atoms with E-state index in [1.807, 2.05) is 54.6 Å². The first-order valence-corrected chi connectivity index (χ1v) is 13.4. The fraction of sp³-hybridized carbons (Fsp3) is 0.567. The average molecular weight is 514 g/mol. The van der Waals surface area contributed by atoms with Gasteiger partial charge in [0.1, 0.15) is 24.1 Å². The summed E-state index contributed by atoms with van der Waals surface area (Å²) in [6, 6.07) is 16.4. The number of esters is 1. The Morgan fingerprint density at radius 3 is 2.41 bits per heavy atom. The van der Waals surface area contributed by atoms with Crippen LogP contribution in [0.4, 0.5) is 4.39 Å². The lowest BCUT2D eigenvalue weighted by atomic mass is 9.92. The molecule has 2 unspecified atom stereocenters. The zero-order valence-electron chi connectivity index (χ0n) is 22.1. The minimum absolute atomic E-state index is 0.0314. The van der Waals surface area contributed by atoms with E-state index in [0.29, 0.717) is 49.7 Å². The van der Waals surface area contributed by atoms with Crippen LogP contribution in [0.2, 0.25) is 0 Å². The van der Waals surface area contributed by atoms with Gasteiger partial charge in [-0.25, -0.2) is 4.39 Å². The van der Waals surface area contributed by atoms with Crippen LogP contribution in [0.3, 0.4) is 0 Å². The minimum atomic E-state index is -1.37. The van der Waals surface area contributed by atoms with Gasteiger partial charge in [0, 0.05) is 13.0 Å². The molecular formula is C30H40FNO5. The van der Waals surface area contributed by atoms with E-state index in [1.165, 1.54) is 13.8 Å². The molecule has 1 saturated carbocycles. The SMILES string of the molecule is CC(C)(F)COCCCCC(=O)OC(CC1CCCC1)C(N=O)c1ccc(OCc2ccccc2)cc1. The molecule has 3 rings (SSSR count). The highest BCUT2D eigenvalue weighted by atomic mass is 19.1. The molecular weight excluding hydrogens is 473 g/mol. The lowest BCUT2D eigenvalue weighted by Gasteiger charge is -2.25. The zero-order valence-corrected chi connectivity index (χ0v) is 22.1. The Labute approximate surface area is 219 Å². The van der Waals surface area contributed by atoms with Gasteiger partial charge in [0.15, 0.2) is 6.04 Å². The van der Waals surface area contributed by atoms with Crippen molar-refractivity contribution >= 4 is 5.97 Å².